The van der Waals surface area contributed by atoms with E-state index in [4.69, 9.17) is 0 Å². The highest BCUT2D eigenvalue weighted by atomic mass is 16.2. The Balaban J connectivity index is 1.62. The van der Waals surface area contributed by atoms with Gasteiger partial charge in [-0.25, -0.2) is 4.98 Å². The van der Waals surface area contributed by atoms with Crippen LogP contribution in [0.3, 0.4) is 0 Å². The molecule has 4 aromatic rings. The molecule has 0 atom stereocenters. The number of nitrogens with zero attached hydrogens (tertiary/aromatic N) is 3. The van der Waals surface area contributed by atoms with E-state index in [2.05, 4.69) is 4.98 Å². The average molecular weight is 383 g/mol. The molecule has 0 N–H and O–H groups in total. The van der Waals surface area contributed by atoms with Gasteiger partial charge in [-0.1, -0.05) is 42.5 Å². The van der Waals surface area contributed by atoms with Crippen LogP contribution in [0.1, 0.15) is 21.7 Å². The minimum atomic E-state index is -0.117. The molecule has 0 spiro atoms. The van der Waals surface area contributed by atoms with Gasteiger partial charge in [0.05, 0.1) is 16.6 Å². The monoisotopic (exact) mass is 383 g/mol. The van der Waals surface area contributed by atoms with Crippen LogP contribution < -0.4 is 5.56 Å². The van der Waals surface area contributed by atoms with E-state index in [0.29, 0.717) is 34.5 Å². The number of carbonyl (C=O) groups excluding carboxylic acids is 1. The summed E-state index contributed by atoms with van der Waals surface area (Å²) in [4.78, 5) is 31.9. The maximum absolute atomic E-state index is 12.9. The van der Waals surface area contributed by atoms with E-state index >= 15 is 0 Å². The molecule has 0 saturated carbocycles. The number of carbonyl (C=O) groups is 1. The number of amides is 1. The quantitative estimate of drug-likeness (QED) is 0.536. The molecule has 3 aromatic carbocycles. The number of para-hydroxylation sites is 1. The Morgan fingerprint density at radius 3 is 2.31 bits per heavy atom. The van der Waals surface area contributed by atoms with Crippen molar-refractivity contribution in [3.05, 3.63) is 106 Å². The second kappa shape index (κ2) is 7.72. The van der Waals surface area contributed by atoms with Crippen LogP contribution in [-0.2, 0) is 6.54 Å². The first-order valence-corrected chi connectivity index (χ1v) is 9.43. The molecule has 5 nitrogen and oxygen atoms in total. The third-order valence-electron chi connectivity index (χ3n) is 4.93. The van der Waals surface area contributed by atoms with Crippen LogP contribution in [0.15, 0.2) is 83.7 Å². The summed E-state index contributed by atoms with van der Waals surface area (Å²) in [5, 5.41) is 0.570. The molecule has 0 aliphatic carbocycles. The molecular formula is C24H21N3O2. The highest BCUT2D eigenvalue weighted by Gasteiger charge is 2.14. The van der Waals surface area contributed by atoms with E-state index in [1.807, 2.05) is 48.5 Å². The van der Waals surface area contributed by atoms with Gasteiger partial charge in [-0.3, -0.25) is 14.2 Å². The van der Waals surface area contributed by atoms with Gasteiger partial charge < -0.3 is 4.90 Å². The lowest BCUT2D eigenvalue weighted by atomic mass is 10.1. The van der Waals surface area contributed by atoms with E-state index < -0.39 is 0 Å². The number of fused-ring (bicyclic) bond motifs is 1. The van der Waals surface area contributed by atoms with E-state index in [1.54, 1.807) is 53.8 Å². The van der Waals surface area contributed by atoms with E-state index in [1.165, 1.54) is 0 Å². The third-order valence-corrected chi connectivity index (χ3v) is 4.93. The largest absolute Gasteiger partial charge is 0.337 e. The molecule has 1 amide bonds. The predicted molar refractivity (Wildman–Crippen MR) is 114 cm³/mol. The van der Waals surface area contributed by atoms with Crippen LogP contribution in [0.5, 0.6) is 0 Å². The van der Waals surface area contributed by atoms with Crippen LogP contribution in [0.25, 0.3) is 16.6 Å². The molecule has 0 aliphatic rings. The fourth-order valence-electron chi connectivity index (χ4n) is 3.45. The Labute approximate surface area is 168 Å². The Bertz CT molecular complexity index is 1230. The normalized spacial score (nSPS) is 10.8. The summed E-state index contributed by atoms with van der Waals surface area (Å²) in [7, 11) is 1.78. The summed E-state index contributed by atoms with van der Waals surface area (Å²) in [6.45, 7) is 2.34. The first kappa shape index (κ1) is 18.6. The first-order chi connectivity index (χ1) is 14.0. The van der Waals surface area contributed by atoms with Crippen molar-refractivity contribution in [2.45, 2.75) is 13.5 Å². The molecule has 4 rings (SSSR count). The number of aryl methyl sites for hydroxylation is 1. The molecule has 0 bridgehead atoms. The molecule has 0 unspecified atom stereocenters. The Hall–Kier alpha value is -3.73. The van der Waals surface area contributed by atoms with Crippen molar-refractivity contribution in [1.82, 2.24) is 14.5 Å². The Morgan fingerprint density at radius 2 is 1.59 bits per heavy atom. The van der Waals surface area contributed by atoms with Gasteiger partial charge in [0.2, 0.25) is 0 Å². The van der Waals surface area contributed by atoms with E-state index in [-0.39, 0.29) is 11.5 Å². The zero-order valence-electron chi connectivity index (χ0n) is 16.4. The second-order valence-corrected chi connectivity index (χ2v) is 7.01. The van der Waals surface area contributed by atoms with Crippen LogP contribution >= 0.6 is 0 Å². The number of benzene rings is 3. The van der Waals surface area contributed by atoms with Crippen LogP contribution in [-0.4, -0.2) is 27.4 Å². The summed E-state index contributed by atoms with van der Waals surface area (Å²) in [6.07, 6.45) is 0. The molecule has 0 fully saturated rings. The van der Waals surface area contributed by atoms with Crippen molar-refractivity contribution in [1.29, 1.82) is 0 Å². The van der Waals surface area contributed by atoms with Gasteiger partial charge in [0.1, 0.15) is 5.82 Å². The molecule has 0 aliphatic heterocycles. The van der Waals surface area contributed by atoms with Crippen LogP contribution in [0.2, 0.25) is 0 Å². The summed E-state index contributed by atoms with van der Waals surface area (Å²) in [5.41, 5.74) is 2.90. The van der Waals surface area contributed by atoms with Crippen LogP contribution in [0.4, 0.5) is 0 Å². The standard InChI is InChI=1S/C24H21N3O2/c1-17-25-22-11-7-6-10-21(22)24(29)27(17)20-14-12-19(13-15-20)23(28)26(2)16-18-8-4-3-5-9-18/h3-15H,16H2,1-2H3. The minimum Gasteiger partial charge on any atom is -0.337 e. The summed E-state index contributed by atoms with van der Waals surface area (Å²) >= 11 is 0. The van der Waals surface area contributed by atoms with Gasteiger partial charge in [-0.2, -0.15) is 0 Å². The van der Waals surface area contributed by atoms with Crippen molar-refractivity contribution in [2.24, 2.45) is 0 Å². The summed E-state index contributed by atoms with van der Waals surface area (Å²) < 4.78 is 1.57. The topological polar surface area (TPSA) is 55.2 Å². The van der Waals surface area contributed by atoms with Crippen molar-refractivity contribution in [3.63, 3.8) is 0 Å². The highest BCUT2D eigenvalue weighted by Crippen LogP contribution is 2.15. The maximum atomic E-state index is 12.9. The fourth-order valence-corrected chi connectivity index (χ4v) is 3.45. The van der Waals surface area contributed by atoms with Gasteiger partial charge in [0, 0.05) is 19.2 Å². The first-order valence-electron chi connectivity index (χ1n) is 9.43. The van der Waals surface area contributed by atoms with Gasteiger partial charge >= 0.3 is 0 Å². The molecular weight excluding hydrogens is 362 g/mol. The lowest BCUT2D eigenvalue weighted by molar-refractivity contribution is 0.0785. The SMILES string of the molecule is Cc1nc2ccccc2c(=O)n1-c1ccc(C(=O)N(C)Cc2ccccc2)cc1. The smallest absolute Gasteiger partial charge is 0.265 e. The lowest BCUT2D eigenvalue weighted by Gasteiger charge is -2.18. The molecule has 1 aromatic heterocycles. The summed E-state index contributed by atoms with van der Waals surface area (Å²) in [5.74, 6) is 0.537. The van der Waals surface area contributed by atoms with Gasteiger partial charge in [-0.05, 0) is 48.9 Å². The maximum Gasteiger partial charge on any atom is 0.265 e. The zero-order chi connectivity index (χ0) is 20.4. The average Bonchev–Trinajstić information content (AvgIpc) is 2.74. The molecule has 5 heteroatoms. The Kier molecular flexibility index (Phi) is 4.96. The number of hydrogen-bond donors (Lipinski definition) is 0. The van der Waals surface area contributed by atoms with Gasteiger partial charge in [0.25, 0.3) is 11.5 Å². The van der Waals surface area contributed by atoms with E-state index in [0.717, 1.165) is 5.56 Å². The Morgan fingerprint density at radius 1 is 0.931 bits per heavy atom. The van der Waals surface area contributed by atoms with Gasteiger partial charge in [-0.15, -0.1) is 0 Å². The third kappa shape index (κ3) is 3.67. The number of hydrogen-bond acceptors (Lipinski definition) is 3. The second-order valence-electron chi connectivity index (χ2n) is 7.01. The fraction of sp³-hybridized carbons (Fsp3) is 0.125. The van der Waals surface area contributed by atoms with Crippen molar-refractivity contribution < 1.29 is 4.79 Å². The highest BCUT2D eigenvalue weighted by molar-refractivity contribution is 5.94. The predicted octanol–water partition coefficient (Wildman–Crippen LogP) is 3.97. The molecule has 0 radical (unpaired) electrons. The van der Waals surface area contributed by atoms with Crippen LogP contribution in [0, 0.1) is 6.92 Å². The molecule has 0 saturated heterocycles. The molecule has 144 valence electrons. The van der Waals surface area contributed by atoms with Gasteiger partial charge in [0.15, 0.2) is 0 Å². The van der Waals surface area contributed by atoms with Crippen molar-refractivity contribution in [2.75, 3.05) is 7.05 Å². The number of aromatic nitrogens is 2. The van der Waals surface area contributed by atoms with Crippen molar-refractivity contribution in [3.8, 4) is 5.69 Å². The molecule has 1 heterocycles. The van der Waals surface area contributed by atoms with Crippen molar-refractivity contribution >= 4 is 16.8 Å². The number of rotatable bonds is 4. The summed E-state index contributed by atoms with van der Waals surface area (Å²) in [6, 6.07) is 24.2. The molecule has 29 heavy (non-hydrogen) atoms. The zero-order valence-corrected chi connectivity index (χ0v) is 16.4. The minimum absolute atomic E-state index is 0.0684. The van der Waals surface area contributed by atoms with E-state index in [9.17, 15) is 9.59 Å². The lowest BCUT2D eigenvalue weighted by Crippen LogP contribution is -2.26.